The Morgan fingerprint density at radius 3 is 2.04 bits per heavy atom. The largest absolute Gasteiger partial charge is 0.377 e. The van der Waals surface area contributed by atoms with Gasteiger partial charge in [0, 0.05) is 17.7 Å². The summed E-state index contributed by atoms with van der Waals surface area (Å²) in [7, 11) is -2.03. The predicted molar refractivity (Wildman–Crippen MR) is 188 cm³/mol. The van der Waals surface area contributed by atoms with Gasteiger partial charge in [-0.25, -0.2) is 0 Å². The number of ketones is 1. The third-order valence-corrected chi connectivity index (χ3v) is 10.8. The molecule has 0 bridgehead atoms. The zero-order valence-corrected chi connectivity index (χ0v) is 27.8. The van der Waals surface area contributed by atoms with Crippen molar-refractivity contribution in [2.45, 2.75) is 58.5 Å². The normalized spacial score (nSPS) is 12.3. The second kappa shape index (κ2) is 16.8. The minimum absolute atomic E-state index is 0.0771. The number of aryl methyl sites for hydroxylation is 1. The number of carbonyl (C=O) groups excluding carboxylic acids is 1. The van der Waals surface area contributed by atoms with Crippen molar-refractivity contribution in [1.82, 2.24) is 4.57 Å². The molecule has 0 amide bonds. The van der Waals surface area contributed by atoms with Gasteiger partial charge in [-0.1, -0.05) is 121 Å². The van der Waals surface area contributed by atoms with Gasteiger partial charge >= 0.3 is 0 Å². The van der Waals surface area contributed by atoms with Gasteiger partial charge in [-0.05, 0) is 49.5 Å². The van der Waals surface area contributed by atoms with E-state index in [0.717, 1.165) is 11.1 Å². The van der Waals surface area contributed by atoms with E-state index in [0.29, 0.717) is 62.5 Å². The van der Waals surface area contributed by atoms with Gasteiger partial charge in [0.1, 0.15) is 8.07 Å². The van der Waals surface area contributed by atoms with Crippen molar-refractivity contribution in [3.63, 3.8) is 0 Å². The maximum Gasteiger partial charge on any atom is 0.254 e. The number of hydrogen-bond acceptors (Lipinski definition) is 4. The molecule has 1 heterocycles. The van der Waals surface area contributed by atoms with Gasteiger partial charge in [0.05, 0.1) is 31.6 Å². The lowest BCUT2D eigenvalue weighted by Gasteiger charge is -2.25. The first-order valence-corrected chi connectivity index (χ1v) is 18.8. The highest BCUT2D eigenvalue weighted by Gasteiger charge is 2.24. The highest BCUT2D eigenvalue weighted by molar-refractivity contribution is 6.94. The maximum absolute atomic E-state index is 14.3. The Morgan fingerprint density at radius 1 is 0.889 bits per heavy atom. The molecule has 4 aromatic rings. The minimum atomic E-state index is -2.03. The van der Waals surface area contributed by atoms with Crippen molar-refractivity contribution >= 4 is 25.1 Å². The third kappa shape index (κ3) is 9.69. The molecule has 0 N–H and O–H groups in total. The van der Waals surface area contributed by atoms with E-state index in [9.17, 15) is 9.59 Å². The first kappa shape index (κ1) is 33.8. The van der Waals surface area contributed by atoms with Crippen LogP contribution >= 0.6 is 0 Å². The summed E-state index contributed by atoms with van der Waals surface area (Å²) in [5.41, 5.74) is 6.07. The monoisotopic (exact) mass is 619 g/mol. The van der Waals surface area contributed by atoms with Gasteiger partial charge in [-0.2, -0.15) is 0 Å². The number of allylic oxidation sites excluding steroid dienone is 1. The summed E-state index contributed by atoms with van der Waals surface area (Å²) < 4.78 is 13.9. The highest BCUT2D eigenvalue weighted by Crippen LogP contribution is 2.22. The Balaban J connectivity index is 1.67. The van der Waals surface area contributed by atoms with Crippen LogP contribution in [0, 0.1) is 0 Å². The molecule has 0 saturated heterocycles. The SMILES string of the molecule is C=CC[C@@H](COCc1ccccc1)n1c(/C=C/[Si](C)(C)c2ccccc2)c(C(C)=O)cc(CCCOCc2ccccc2)c1=O. The molecule has 1 atom stereocenters. The Kier molecular flexibility index (Phi) is 12.6. The van der Waals surface area contributed by atoms with Crippen LogP contribution in [0.15, 0.2) is 120 Å². The van der Waals surface area contributed by atoms with Crippen LogP contribution < -0.4 is 10.7 Å². The molecule has 0 spiro atoms. The van der Waals surface area contributed by atoms with E-state index in [1.807, 2.05) is 78.9 Å². The molecular formula is C39H45NO4Si. The lowest BCUT2D eigenvalue weighted by Crippen LogP contribution is -2.39. The fourth-order valence-electron chi connectivity index (χ4n) is 5.41. The number of ether oxygens (including phenoxy) is 2. The van der Waals surface area contributed by atoms with Gasteiger partial charge in [-0.15, -0.1) is 6.58 Å². The molecule has 1 aromatic heterocycles. The van der Waals surface area contributed by atoms with Crippen molar-refractivity contribution in [3.05, 3.63) is 154 Å². The van der Waals surface area contributed by atoms with E-state index in [2.05, 4.69) is 49.6 Å². The first-order chi connectivity index (χ1) is 21.8. The maximum atomic E-state index is 14.3. The van der Waals surface area contributed by atoms with Gasteiger partial charge < -0.3 is 14.0 Å². The molecule has 0 aliphatic rings. The van der Waals surface area contributed by atoms with Gasteiger partial charge in [0.15, 0.2) is 5.78 Å². The van der Waals surface area contributed by atoms with Crippen LogP contribution in [0.4, 0.5) is 0 Å². The average molecular weight is 620 g/mol. The molecule has 5 nitrogen and oxygen atoms in total. The molecule has 0 saturated carbocycles. The zero-order chi connectivity index (χ0) is 32.1. The number of benzene rings is 3. The van der Waals surface area contributed by atoms with Gasteiger partial charge in [0.25, 0.3) is 5.56 Å². The summed E-state index contributed by atoms with van der Waals surface area (Å²) in [6.07, 6.45) is 5.51. The molecule has 6 heteroatoms. The lowest BCUT2D eigenvalue weighted by molar-refractivity contribution is 0.0888. The molecule has 3 aromatic carbocycles. The quantitative estimate of drug-likeness (QED) is 0.0526. The second-order valence-electron chi connectivity index (χ2n) is 11.9. The number of pyridine rings is 1. The number of carbonyl (C=O) groups is 1. The zero-order valence-electron chi connectivity index (χ0n) is 26.8. The van der Waals surface area contributed by atoms with Crippen LogP contribution in [0.1, 0.15) is 58.5 Å². The fraction of sp³-hybridized carbons (Fsp3) is 0.282. The van der Waals surface area contributed by atoms with E-state index in [1.54, 1.807) is 17.6 Å². The Bertz CT molecular complexity index is 1610. The van der Waals surface area contributed by atoms with Crippen LogP contribution in [0.5, 0.6) is 0 Å². The van der Waals surface area contributed by atoms with E-state index < -0.39 is 8.07 Å². The first-order valence-electron chi connectivity index (χ1n) is 15.7. The van der Waals surface area contributed by atoms with E-state index >= 15 is 0 Å². The van der Waals surface area contributed by atoms with Crippen LogP contribution in [-0.4, -0.2) is 31.6 Å². The summed E-state index contributed by atoms with van der Waals surface area (Å²) in [6.45, 7) is 11.9. The molecule has 0 unspecified atom stereocenters. The van der Waals surface area contributed by atoms with Crippen molar-refractivity contribution < 1.29 is 14.3 Å². The molecule has 0 radical (unpaired) electrons. The van der Waals surface area contributed by atoms with Crippen molar-refractivity contribution in [2.75, 3.05) is 13.2 Å². The number of rotatable bonds is 17. The number of nitrogens with zero attached hydrogens (tertiary/aromatic N) is 1. The number of Topliss-reactive ketones (excluding diaryl/α,β-unsaturated/α-hetero) is 1. The predicted octanol–water partition coefficient (Wildman–Crippen LogP) is 7.70. The standard InChI is InChI=1S/C39H45NO4Si/c1-5-16-35(30-44-29-33-19-11-7-12-20-33)40-38(24-26-45(3,4)36-22-13-8-14-23-36)37(31(2)41)27-34(39(40)42)21-15-25-43-28-32-17-9-6-10-18-32/h5-14,17-20,22-24,26-27,35H,1,15-16,21,25,28-30H2,2-4H3/b26-24+/t35-/m0/s1. The van der Waals surface area contributed by atoms with Crippen molar-refractivity contribution in [2.24, 2.45) is 0 Å². The molecule has 234 valence electrons. The lowest BCUT2D eigenvalue weighted by atomic mass is 10.0. The molecule has 4 rings (SSSR count). The number of hydrogen-bond donors (Lipinski definition) is 0. The number of aromatic nitrogens is 1. The summed E-state index contributed by atoms with van der Waals surface area (Å²) >= 11 is 0. The Hall–Kier alpha value is -4.10. The Labute approximate surface area is 268 Å². The molecule has 0 aliphatic heterocycles. The van der Waals surface area contributed by atoms with Crippen LogP contribution in [-0.2, 0) is 29.1 Å². The van der Waals surface area contributed by atoms with Crippen LogP contribution in [0.2, 0.25) is 13.1 Å². The van der Waals surface area contributed by atoms with Gasteiger partial charge in [0.2, 0.25) is 0 Å². The average Bonchev–Trinajstić information content (AvgIpc) is 3.05. The molecular weight excluding hydrogens is 575 g/mol. The Morgan fingerprint density at radius 2 is 1.47 bits per heavy atom. The van der Waals surface area contributed by atoms with E-state index in [4.69, 9.17) is 9.47 Å². The molecule has 45 heavy (non-hydrogen) atoms. The van der Waals surface area contributed by atoms with E-state index in [-0.39, 0.29) is 17.4 Å². The highest BCUT2D eigenvalue weighted by atomic mass is 28.3. The van der Waals surface area contributed by atoms with Gasteiger partial charge in [-0.3, -0.25) is 9.59 Å². The van der Waals surface area contributed by atoms with Crippen LogP contribution in [0.25, 0.3) is 6.08 Å². The third-order valence-electron chi connectivity index (χ3n) is 7.97. The summed E-state index contributed by atoms with van der Waals surface area (Å²) in [6, 6.07) is 31.9. The topological polar surface area (TPSA) is 57.5 Å². The summed E-state index contributed by atoms with van der Waals surface area (Å²) in [4.78, 5) is 27.5. The van der Waals surface area contributed by atoms with E-state index in [1.165, 1.54) is 5.19 Å². The minimum Gasteiger partial charge on any atom is -0.377 e. The molecule has 0 aliphatic carbocycles. The molecule has 0 fully saturated rings. The fourth-order valence-corrected chi connectivity index (χ4v) is 7.22. The second-order valence-corrected chi connectivity index (χ2v) is 16.3. The van der Waals surface area contributed by atoms with Crippen molar-refractivity contribution in [3.8, 4) is 0 Å². The van der Waals surface area contributed by atoms with Crippen LogP contribution in [0.3, 0.4) is 0 Å². The summed E-state index contributed by atoms with van der Waals surface area (Å²) in [5.74, 6) is -0.0771. The smallest absolute Gasteiger partial charge is 0.254 e. The summed E-state index contributed by atoms with van der Waals surface area (Å²) in [5, 5.41) is 1.28. The van der Waals surface area contributed by atoms with Crippen molar-refractivity contribution in [1.29, 1.82) is 0 Å².